The van der Waals surface area contributed by atoms with Gasteiger partial charge in [-0.25, -0.2) is 0 Å². The molecule has 0 aliphatic rings. The summed E-state index contributed by atoms with van der Waals surface area (Å²) in [5.74, 6) is 0.122. The number of rotatable bonds is 6. The van der Waals surface area contributed by atoms with Gasteiger partial charge in [-0.05, 0) is 36.1 Å². The molecule has 2 nitrogen and oxygen atoms in total. The second-order valence-electron chi connectivity index (χ2n) is 10.3. The van der Waals surface area contributed by atoms with Crippen LogP contribution in [-0.2, 0) is 0 Å². The molecule has 0 bridgehead atoms. The molecule has 0 amide bonds. The Hall–Kier alpha value is -4.99. The second-order valence-corrected chi connectivity index (χ2v) is 10.3. The third kappa shape index (κ3) is 8.06. The van der Waals surface area contributed by atoms with Crippen LogP contribution >= 0.6 is 13.5 Å². The molecule has 0 atom stereocenters. The molecule has 43 heavy (non-hydrogen) atoms. The lowest BCUT2D eigenvalue weighted by molar-refractivity contribution is 0.103. The fourth-order valence-corrected chi connectivity index (χ4v) is 4.63. The zero-order valence-corrected chi connectivity index (χ0v) is 25.3. The van der Waals surface area contributed by atoms with Gasteiger partial charge in [-0.2, -0.15) is 13.5 Å². The summed E-state index contributed by atoms with van der Waals surface area (Å²) in [6.45, 7) is 4.15. The van der Waals surface area contributed by atoms with Crippen LogP contribution in [0.1, 0.15) is 43.0 Å². The smallest absolute Gasteiger partial charge is 0.193 e. The van der Waals surface area contributed by atoms with Crippen LogP contribution in [0.4, 0.5) is 0 Å². The lowest BCUT2D eigenvalue weighted by Crippen LogP contribution is -2.00. The average molecular weight is 579 g/mol. The maximum Gasteiger partial charge on any atom is 0.193 e. The van der Waals surface area contributed by atoms with E-state index in [9.17, 15) is 9.59 Å². The summed E-state index contributed by atoms with van der Waals surface area (Å²) in [7, 11) is 0. The SMILES string of the molecule is Cc1ccc(-c2ccc(C(=O)c3ccccc3)cc2)cc1.Cc1ccc(-c2ccc(C(=O)c3ccccc3)cc2)cc1.S. The maximum atomic E-state index is 12.3. The topological polar surface area (TPSA) is 34.1 Å². The number of ketones is 2. The van der Waals surface area contributed by atoms with Crippen molar-refractivity contribution >= 4 is 25.1 Å². The van der Waals surface area contributed by atoms with Crippen molar-refractivity contribution in [2.45, 2.75) is 13.8 Å². The molecular formula is C40H34O2S. The number of carbonyl (C=O) groups is 2. The van der Waals surface area contributed by atoms with Gasteiger partial charge in [0.25, 0.3) is 0 Å². The first-order valence-corrected chi connectivity index (χ1v) is 14.0. The molecule has 0 aliphatic carbocycles. The van der Waals surface area contributed by atoms with E-state index in [1.54, 1.807) is 0 Å². The monoisotopic (exact) mass is 578 g/mol. The highest BCUT2D eigenvalue weighted by atomic mass is 32.1. The Balaban J connectivity index is 0.000000192. The summed E-state index contributed by atoms with van der Waals surface area (Å²) in [5, 5.41) is 0. The zero-order valence-electron chi connectivity index (χ0n) is 24.3. The minimum atomic E-state index is 0. The molecule has 0 spiro atoms. The van der Waals surface area contributed by atoms with Gasteiger partial charge in [0, 0.05) is 22.3 Å². The van der Waals surface area contributed by atoms with Crippen molar-refractivity contribution in [3.63, 3.8) is 0 Å². The third-order valence-corrected chi connectivity index (χ3v) is 7.14. The molecular weight excluding hydrogens is 545 g/mol. The molecule has 0 N–H and O–H groups in total. The van der Waals surface area contributed by atoms with Crippen molar-refractivity contribution in [3.05, 3.63) is 191 Å². The Morgan fingerprint density at radius 2 is 0.558 bits per heavy atom. The van der Waals surface area contributed by atoms with Crippen LogP contribution in [0.2, 0.25) is 0 Å². The molecule has 0 fully saturated rings. The van der Waals surface area contributed by atoms with E-state index in [2.05, 4.69) is 62.4 Å². The standard InChI is InChI=1S/2C20H16O.H2S/c2*1-15-7-9-16(10-8-15)17-11-13-19(14-12-17)20(21)18-5-3-2-4-6-18;/h2*2-14H,1H3;1H2. The van der Waals surface area contributed by atoms with Gasteiger partial charge >= 0.3 is 0 Å². The number of carbonyl (C=O) groups excluding carboxylic acids is 2. The lowest BCUT2D eigenvalue weighted by atomic mass is 9.99. The van der Waals surface area contributed by atoms with Crippen molar-refractivity contribution in [3.8, 4) is 22.3 Å². The minimum Gasteiger partial charge on any atom is -0.289 e. The van der Waals surface area contributed by atoms with Crippen LogP contribution in [0.5, 0.6) is 0 Å². The summed E-state index contributed by atoms with van der Waals surface area (Å²) in [4.78, 5) is 24.7. The molecule has 6 rings (SSSR count). The first-order valence-electron chi connectivity index (χ1n) is 14.0. The van der Waals surface area contributed by atoms with Crippen LogP contribution in [0.15, 0.2) is 158 Å². The molecule has 0 aliphatic heterocycles. The van der Waals surface area contributed by atoms with Gasteiger partial charge in [-0.3, -0.25) is 9.59 Å². The minimum absolute atomic E-state index is 0. The summed E-state index contributed by atoms with van der Waals surface area (Å²) < 4.78 is 0. The highest BCUT2D eigenvalue weighted by molar-refractivity contribution is 7.59. The molecule has 212 valence electrons. The van der Waals surface area contributed by atoms with Crippen molar-refractivity contribution in [1.82, 2.24) is 0 Å². The predicted molar refractivity (Wildman–Crippen MR) is 183 cm³/mol. The number of benzene rings is 6. The van der Waals surface area contributed by atoms with Gasteiger partial charge in [-0.15, -0.1) is 0 Å². The van der Waals surface area contributed by atoms with E-state index < -0.39 is 0 Å². The van der Waals surface area contributed by atoms with Crippen molar-refractivity contribution in [2.75, 3.05) is 0 Å². The number of aryl methyl sites for hydroxylation is 2. The van der Waals surface area contributed by atoms with Gasteiger partial charge in [-0.1, -0.05) is 169 Å². The Kier molecular flexibility index (Phi) is 10.6. The highest BCUT2D eigenvalue weighted by Crippen LogP contribution is 2.22. The maximum absolute atomic E-state index is 12.3. The largest absolute Gasteiger partial charge is 0.289 e. The van der Waals surface area contributed by atoms with Gasteiger partial charge < -0.3 is 0 Å². The van der Waals surface area contributed by atoms with Gasteiger partial charge in [0.05, 0.1) is 0 Å². The van der Waals surface area contributed by atoms with E-state index >= 15 is 0 Å². The first kappa shape index (κ1) is 31.0. The summed E-state index contributed by atoms with van der Waals surface area (Å²) in [6.07, 6.45) is 0. The molecule has 6 aromatic carbocycles. The summed E-state index contributed by atoms with van der Waals surface area (Å²) in [6, 6.07) is 51.1. The first-order chi connectivity index (χ1) is 20.5. The van der Waals surface area contributed by atoms with Crippen LogP contribution in [0.3, 0.4) is 0 Å². The number of hydrogen-bond acceptors (Lipinski definition) is 2. The molecule has 0 saturated carbocycles. The quantitative estimate of drug-likeness (QED) is 0.184. The molecule has 0 unspecified atom stereocenters. The fraction of sp³-hybridized carbons (Fsp3) is 0.0500. The Bertz CT molecular complexity index is 1620. The molecule has 3 heteroatoms. The van der Waals surface area contributed by atoms with Crippen LogP contribution in [0.25, 0.3) is 22.3 Å². The van der Waals surface area contributed by atoms with E-state index in [0.29, 0.717) is 0 Å². The number of hydrogen-bond donors (Lipinski definition) is 0. The molecule has 0 aromatic heterocycles. The molecule has 6 aromatic rings. The van der Waals surface area contributed by atoms with E-state index in [1.807, 2.05) is 109 Å². The van der Waals surface area contributed by atoms with E-state index in [1.165, 1.54) is 22.3 Å². The lowest BCUT2D eigenvalue weighted by Gasteiger charge is -2.05. The average Bonchev–Trinajstić information content (AvgIpc) is 3.06. The summed E-state index contributed by atoms with van der Waals surface area (Å²) >= 11 is 0. The second kappa shape index (κ2) is 14.8. The Morgan fingerprint density at radius 3 is 0.837 bits per heavy atom. The van der Waals surface area contributed by atoms with E-state index in [0.717, 1.165) is 33.4 Å². The molecule has 0 heterocycles. The fourth-order valence-electron chi connectivity index (χ4n) is 4.63. The predicted octanol–water partition coefficient (Wildman–Crippen LogP) is 9.90. The third-order valence-electron chi connectivity index (χ3n) is 7.14. The van der Waals surface area contributed by atoms with Gasteiger partial charge in [0.15, 0.2) is 11.6 Å². The van der Waals surface area contributed by atoms with Crippen LogP contribution in [-0.4, -0.2) is 11.6 Å². The normalized spacial score (nSPS) is 10.1. The van der Waals surface area contributed by atoms with Crippen molar-refractivity contribution < 1.29 is 9.59 Å². The van der Waals surface area contributed by atoms with Crippen molar-refractivity contribution in [1.29, 1.82) is 0 Å². The Morgan fingerprint density at radius 1 is 0.326 bits per heavy atom. The van der Waals surface area contributed by atoms with Gasteiger partial charge in [0.2, 0.25) is 0 Å². The molecule has 0 radical (unpaired) electrons. The van der Waals surface area contributed by atoms with Crippen LogP contribution < -0.4 is 0 Å². The highest BCUT2D eigenvalue weighted by Gasteiger charge is 2.09. The summed E-state index contributed by atoms with van der Waals surface area (Å²) in [5.41, 5.74) is 9.96. The van der Waals surface area contributed by atoms with Gasteiger partial charge in [0.1, 0.15) is 0 Å². The zero-order chi connectivity index (χ0) is 29.3. The van der Waals surface area contributed by atoms with E-state index in [-0.39, 0.29) is 25.1 Å². The Labute approximate surface area is 261 Å². The van der Waals surface area contributed by atoms with Crippen LogP contribution in [0, 0.1) is 13.8 Å². The van der Waals surface area contributed by atoms with E-state index in [4.69, 9.17) is 0 Å². The van der Waals surface area contributed by atoms with Crippen molar-refractivity contribution in [2.24, 2.45) is 0 Å². The molecule has 0 saturated heterocycles.